The molecule has 54 heavy (non-hydrogen) atoms. The Morgan fingerprint density at radius 1 is 1.02 bits per heavy atom. The Morgan fingerprint density at radius 2 is 1.74 bits per heavy atom. The fraction of sp³-hybridized carbons (Fsp3) is 0.452. The molecule has 12 heteroatoms. The Labute approximate surface area is 317 Å². The molecule has 0 aliphatic carbocycles. The first kappa shape index (κ1) is 38.3. The molecule has 2 aromatic carbocycles. The number of hydrogen-bond donors (Lipinski definition) is 2. The Morgan fingerprint density at radius 3 is 2.41 bits per heavy atom. The van der Waals surface area contributed by atoms with Crippen LogP contribution in [-0.2, 0) is 21.6 Å². The fourth-order valence-electron chi connectivity index (χ4n) is 7.87. The van der Waals surface area contributed by atoms with E-state index in [9.17, 15) is 14.4 Å². The van der Waals surface area contributed by atoms with Gasteiger partial charge in [-0.15, -0.1) is 4.99 Å². The van der Waals surface area contributed by atoms with Gasteiger partial charge in [0, 0.05) is 62.6 Å². The van der Waals surface area contributed by atoms with Gasteiger partial charge >= 0.3 is 11.9 Å². The number of likely N-dealkylation sites (N-methyl/N-ethyl adjacent to an activating group) is 1. The van der Waals surface area contributed by atoms with E-state index in [0.29, 0.717) is 45.1 Å². The van der Waals surface area contributed by atoms with Crippen molar-refractivity contribution in [1.29, 1.82) is 0 Å². The first-order valence-corrected chi connectivity index (χ1v) is 18.9. The lowest BCUT2D eigenvalue weighted by Gasteiger charge is -2.31. The van der Waals surface area contributed by atoms with Gasteiger partial charge in [0.1, 0.15) is 0 Å². The number of carbonyl (C=O) groups is 2. The second kappa shape index (κ2) is 16.3. The van der Waals surface area contributed by atoms with Crippen molar-refractivity contribution < 1.29 is 23.2 Å². The summed E-state index contributed by atoms with van der Waals surface area (Å²) in [5.41, 5.74) is 7.26. The van der Waals surface area contributed by atoms with Gasteiger partial charge in [0.05, 0.1) is 11.5 Å². The van der Waals surface area contributed by atoms with Gasteiger partial charge in [0.15, 0.2) is 18.1 Å². The number of nitrogens with zero attached hydrogens (tertiary/aromatic N) is 4. The maximum Gasteiger partial charge on any atom is 0.519 e. The topological polar surface area (TPSA) is 143 Å². The monoisotopic (exact) mass is 736 g/mol. The van der Waals surface area contributed by atoms with Crippen LogP contribution in [0.4, 0.5) is 10.5 Å². The molecule has 2 amide bonds. The van der Waals surface area contributed by atoms with Crippen molar-refractivity contribution in [2.24, 2.45) is 4.99 Å². The Balaban J connectivity index is 1.27. The van der Waals surface area contributed by atoms with Gasteiger partial charge in [0.2, 0.25) is 11.9 Å². The van der Waals surface area contributed by atoms with Crippen LogP contribution in [0.1, 0.15) is 103 Å². The van der Waals surface area contributed by atoms with Crippen LogP contribution < -0.4 is 16.5 Å². The highest BCUT2D eigenvalue weighted by atomic mass is 16.6. The summed E-state index contributed by atoms with van der Waals surface area (Å²) in [6.45, 7) is 16.8. The number of likely N-dealkylation sites (tertiary alicyclic amines) is 1. The summed E-state index contributed by atoms with van der Waals surface area (Å²) in [5.74, 6) is 0.380. The number of carbonyl (C=O) groups excluding carboxylic acids is 2. The molecule has 3 unspecified atom stereocenters. The number of pyridine rings is 1. The molecular weight excluding hydrogens is 684 g/mol. The number of hydrogen-bond acceptors (Lipinski definition) is 8. The van der Waals surface area contributed by atoms with E-state index in [2.05, 4.69) is 75.8 Å². The van der Waals surface area contributed by atoms with Crippen molar-refractivity contribution in [3.63, 3.8) is 0 Å². The van der Waals surface area contributed by atoms with Gasteiger partial charge in [-0.25, -0.2) is 9.59 Å². The van der Waals surface area contributed by atoms with Crippen molar-refractivity contribution in [2.45, 2.75) is 91.2 Å². The number of amides is 2. The average molecular weight is 737 g/mol. The van der Waals surface area contributed by atoms with Gasteiger partial charge in [-0.05, 0) is 102 Å². The van der Waals surface area contributed by atoms with Gasteiger partial charge in [0.25, 0.3) is 0 Å². The minimum absolute atomic E-state index is 0.00156. The van der Waals surface area contributed by atoms with E-state index >= 15 is 0 Å². The Kier molecular flexibility index (Phi) is 11.6. The van der Waals surface area contributed by atoms with Crippen LogP contribution in [0.15, 0.2) is 79.5 Å². The molecular formula is C42H52N6O6. The van der Waals surface area contributed by atoms with E-state index in [1.165, 1.54) is 22.3 Å². The number of ether oxygens (including phenoxy) is 1. The van der Waals surface area contributed by atoms with Crippen molar-refractivity contribution >= 4 is 23.6 Å². The van der Waals surface area contributed by atoms with E-state index in [-0.39, 0.29) is 41.9 Å². The standard InChI is InChI=1S/C42H52N6O6/c1-8-47(9-2)38(49)42(6,7)32-10-11-35-34(23-32)33(37(45-35)31-21-26(3)20-27(4)22-31)14-18-44-39(46-40(50)52-25-36-28(5)53-41(51)54-36)48-19-15-30(24-48)29-12-16-43-17-13-29/h10-13,16-17,20-23,30,33,37,45H,8-9,14-15,18-19,24-25H2,1-7H3,(H,44,46,50). The van der Waals surface area contributed by atoms with Gasteiger partial charge in [-0.3, -0.25) is 9.78 Å². The summed E-state index contributed by atoms with van der Waals surface area (Å²) in [6.07, 6.45) is 4.38. The molecule has 4 heterocycles. The van der Waals surface area contributed by atoms with Crippen LogP contribution in [0, 0.1) is 20.8 Å². The minimum Gasteiger partial charge on any atom is -0.440 e. The maximum atomic E-state index is 13.7. The molecule has 2 aliphatic rings. The van der Waals surface area contributed by atoms with Crippen molar-refractivity contribution in [1.82, 2.24) is 20.1 Å². The van der Waals surface area contributed by atoms with Crippen LogP contribution in [0.25, 0.3) is 0 Å². The predicted octanol–water partition coefficient (Wildman–Crippen LogP) is 7.11. The third kappa shape index (κ3) is 8.37. The molecule has 286 valence electrons. The number of aryl methyl sites for hydroxylation is 3. The smallest absolute Gasteiger partial charge is 0.440 e. The average Bonchev–Trinajstić information content (AvgIpc) is 3.87. The first-order chi connectivity index (χ1) is 25.9. The number of nitrogens with one attached hydrogen (secondary N) is 2. The van der Waals surface area contributed by atoms with E-state index in [4.69, 9.17) is 13.6 Å². The third-order valence-corrected chi connectivity index (χ3v) is 10.8. The largest absolute Gasteiger partial charge is 0.519 e. The molecule has 4 aromatic rings. The SMILES string of the molecule is CCN(CC)C(=O)C(C)(C)c1ccc2c(c1)C(CCN/C(=N\C(=O)OCc1oc(=O)oc1C)N1CCC(c3ccncc3)C1)C(c1cc(C)cc(C)c1)N2. The number of guanidine groups is 1. The molecule has 1 fully saturated rings. The molecule has 2 aliphatic heterocycles. The number of anilines is 1. The highest BCUT2D eigenvalue weighted by Gasteiger charge is 2.38. The van der Waals surface area contributed by atoms with E-state index in [1.807, 2.05) is 44.7 Å². The van der Waals surface area contributed by atoms with Crippen LogP contribution in [0.3, 0.4) is 0 Å². The molecule has 0 bridgehead atoms. The van der Waals surface area contributed by atoms with Crippen molar-refractivity contribution in [2.75, 3.05) is 38.0 Å². The lowest BCUT2D eigenvalue weighted by atomic mass is 9.80. The molecule has 2 N–H and O–H groups in total. The number of aromatic nitrogens is 1. The normalized spacial score (nSPS) is 18.3. The highest BCUT2D eigenvalue weighted by molar-refractivity contribution is 5.90. The minimum atomic E-state index is -0.850. The third-order valence-electron chi connectivity index (χ3n) is 10.8. The number of benzene rings is 2. The van der Waals surface area contributed by atoms with E-state index < -0.39 is 17.3 Å². The van der Waals surface area contributed by atoms with E-state index in [0.717, 1.165) is 23.2 Å². The summed E-state index contributed by atoms with van der Waals surface area (Å²) in [4.78, 5) is 50.9. The molecule has 6 rings (SSSR count). The Bertz CT molecular complexity index is 2030. The highest BCUT2D eigenvalue weighted by Crippen LogP contribution is 2.47. The zero-order valence-electron chi connectivity index (χ0n) is 32.4. The Hall–Kier alpha value is -5.39. The number of rotatable bonds is 11. The summed E-state index contributed by atoms with van der Waals surface area (Å²) in [5, 5.41) is 7.32. The van der Waals surface area contributed by atoms with Gasteiger partial charge < -0.3 is 34.0 Å². The maximum absolute atomic E-state index is 13.7. The first-order valence-electron chi connectivity index (χ1n) is 18.9. The van der Waals surface area contributed by atoms with Crippen molar-refractivity contribution in [3.05, 3.63) is 116 Å². The molecule has 2 aromatic heterocycles. The van der Waals surface area contributed by atoms with Crippen LogP contribution >= 0.6 is 0 Å². The molecule has 0 saturated carbocycles. The van der Waals surface area contributed by atoms with Crippen LogP contribution in [0.5, 0.6) is 0 Å². The lowest BCUT2D eigenvalue weighted by Crippen LogP contribution is -2.43. The number of aliphatic imine (C=N–C) groups is 1. The van der Waals surface area contributed by atoms with Crippen LogP contribution in [-0.4, -0.2) is 65.5 Å². The molecule has 1 saturated heterocycles. The molecule has 0 radical (unpaired) electrons. The predicted molar refractivity (Wildman–Crippen MR) is 208 cm³/mol. The van der Waals surface area contributed by atoms with E-state index in [1.54, 1.807) is 19.3 Å². The molecule has 3 atom stereocenters. The van der Waals surface area contributed by atoms with Crippen molar-refractivity contribution in [3.8, 4) is 0 Å². The second-order valence-electron chi connectivity index (χ2n) is 14.9. The summed E-state index contributed by atoms with van der Waals surface area (Å²) in [6, 6.07) is 17.1. The summed E-state index contributed by atoms with van der Waals surface area (Å²) < 4.78 is 15.3. The van der Waals surface area contributed by atoms with Gasteiger partial charge in [-0.2, -0.15) is 0 Å². The summed E-state index contributed by atoms with van der Waals surface area (Å²) >= 11 is 0. The van der Waals surface area contributed by atoms with Crippen LogP contribution in [0.2, 0.25) is 0 Å². The summed E-state index contributed by atoms with van der Waals surface area (Å²) in [7, 11) is 0. The molecule has 0 spiro atoms. The lowest BCUT2D eigenvalue weighted by molar-refractivity contribution is -0.135. The second-order valence-corrected chi connectivity index (χ2v) is 14.9. The fourth-order valence-corrected chi connectivity index (χ4v) is 7.87. The zero-order valence-corrected chi connectivity index (χ0v) is 32.4. The zero-order chi connectivity index (χ0) is 38.6. The quantitative estimate of drug-likeness (QED) is 0.121. The van der Waals surface area contributed by atoms with Gasteiger partial charge in [-0.1, -0.05) is 41.5 Å². The number of fused-ring (bicyclic) bond motifs is 1. The molecule has 12 nitrogen and oxygen atoms in total.